The predicted molar refractivity (Wildman–Crippen MR) is 135 cm³/mol. The van der Waals surface area contributed by atoms with Crippen molar-refractivity contribution in [2.24, 2.45) is 0 Å². The molecule has 0 saturated heterocycles. The van der Waals surface area contributed by atoms with E-state index in [4.69, 9.17) is 4.74 Å². The zero-order valence-corrected chi connectivity index (χ0v) is 19.9. The number of amides is 2. The molecule has 0 bridgehead atoms. The lowest BCUT2D eigenvalue weighted by atomic mass is 10.0. The first-order chi connectivity index (χ1) is 16.7. The minimum atomic E-state index is -0.642. The van der Waals surface area contributed by atoms with Crippen LogP contribution in [0.4, 0.5) is 0 Å². The second kappa shape index (κ2) is 13.8. The SMILES string of the molecule is CCCCCNC(=O)[C@H](Cc1ccccc1)N(Cc1ccccc1)C(=O)COc1ccccc1. The second-order valence-corrected chi connectivity index (χ2v) is 8.31. The van der Waals surface area contributed by atoms with Gasteiger partial charge in [0.25, 0.3) is 5.91 Å². The molecular weight excluding hydrogens is 424 g/mol. The summed E-state index contributed by atoms with van der Waals surface area (Å²) in [5, 5.41) is 3.06. The van der Waals surface area contributed by atoms with E-state index in [2.05, 4.69) is 12.2 Å². The quantitative estimate of drug-likeness (QED) is 0.366. The van der Waals surface area contributed by atoms with E-state index in [1.807, 2.05) is 91.0 Å². The Hall–Kier alpha value is -3.60. The molecule has 0 aromatic heterocycles. The van der Waals surface area contributed by atoms with Gasteiger partial charge < -0.3 is 15.0 Å². The maximum absolute atomic E-state index is 13.5. The second-order valence-electron chi connectivity index (χ2n) is 8.31. The maximum Gasteiger partial charge on any atom is 0.261 e. The lowest BCUT2D eigenvalue weighted by molar-refractivity contribution is -0.142. The summed E-state index contributed by atoms with van der Waals surface area (Å²) in [7, 11) is 0. The van der Waals surface area contributed by atoms with Gasteiger partial charge >= 0.3 is 0 Å². The maximum atomic E-state index is 13.5. The molecule has 0 aliphatic carbocycles. The fourth-order valence-corrected chi connectivity index (χ4v) is 3.78. The highest BCUT2D eigenvalue weighted by Gasteiger charge is 2.30. The van der Waals surface area contributed by atoms with Crippen LogP contribution < -0.4 is 10.1 Å². The average molecular weight is 459 g/mol. The van der Waals surface area contributed by atoms with Crippen molar-refractivity contribution in [3.63, 3.8) is 0 Å². The molecule has 0 radical (unpaired) electrons. The summed E-state index contributed by atoms with van der Waals surface area (Å²) in [6, 6.07) is 28.2. The van der Waals surface area contributed by atoms with Crippen LogP contribution in [0.25, 0.3) is 0 Å². The van der Waals surface area contributed by atoms with Crippen molar-refractivity contribution in [2.75, 3.05) is 13.2 Å². The number of carbonyl (C=O) groups is 2. The molecule has 3 rings (SSSR count). The Kier molecular flexibility index (Phi) is 10.2. The van der Waals surface area contributed by atoms with E-state index in [0.29, 0.717) is 25.3 Å². The van der Waals surface area contributed by atoms with Crippen molar-refractivity contribution in [3.05, 3.63) is 102 Å². The van der Waals surface area contributed by atoms with E-state index < -0.39 is 6.04 Å². The standard InChI is InChI=1S/C29H34N2O3/c1-2-3-13-20-30-29(33)27(21-24-14-7-4-8-15-24)31(22-25-16-9-5-10-17-25)28(32)23-34-26-18-11-6-12-19-26/h4-12,14-19,27H,2-3,13,20-23H2,1H3,(H,30,33)/t27-/m0/s1. The summed E-state index contributed by atoms with van der Waals surface area (Å²) in [5.74, 6) is 0.264. The van der Waals surface area contributed by atoms with Crippen molar-refractivity contribution >= 4 is 11.8 Å². The van der Waals surface area contributed by atoms with Crippen LogP contribution in [0.2, 0.25) is 0 Å². The molecule has 1 atom stereocenters. The number of hydrogen-bond acceptors (Lipinski definition) is 3. The Morgan fingerprint density at radius 3 is 2.03 bits per heavy atom. The lowest BCUT2D eigenvalue weighted by Crippen LogP contribution is -2.51. The van der Waals surface area contributed by atoms with Gasteiger partial charge in [-0.2, -0.15) is 0 Å². The summed E-state index contributed by atoms with van der Waals surface area (Å²) in [6.07, 6.45) is 3.49. The highest BCUT2D eigenvalue weighted by Crippen LogP contribution is 2.16. The first-order valence-corrected chi connectivity index (χ1v) is 12.0. The normalized spacial score (nSPS) is 11.4. The molecule has 34 heavy (non-hydrogen) atoms. The average Bonchev–Trinajstić information content (AvgIpc) is 2.89. The van der Waals surface area contributed by atoms with Gasteiger partial charge in [0.15, 0.2) is 6.61 Å². The number of nitrogens with one attached hydrogen (secondary N) is 1. The van der Waals surface area contributed by atoms with Crippen molar-refractivity contribution in [3.8, 4) is 5.75 Å². The zero-order valence-electron chi connectivity index (χ0n) is 19.9. The molecule has 0 aliphatic heterocycles. The molecule has 0 heterocycles. The molecule has 0 aliphatic rings. The molecule has 5 nitrogen and oxygen atoms in total. The summed E-state index contributed by atoms with van der Waals surface area (Å²) >= 11 is 0. The third-order valence-corrected chi connectivity index (χ3v) is 5.65. The fraction of sp³-hybridized carbons (Fsp3) is 0.310. The van der Waals surface area contributed by atoms with E-state index in [1.165, 1.54) is 0 Å². The summed E-state index contributed by atoms with van der Waals surface area (Å²) in [5.41, 5.74) is 1.97. The summed E-state index contributed by atoms with van der Waals surface area (Å²) in [4.78, 5) is 28.5. The van der Waals surface area contributed by atoms with Crippen LogP contribution in [0.1, 0.15) is 37.3 Å². The van der Waals surface area contributed by atoms with E-state index in [-0.39, 0.29) is 18.4 Å². The molecule has 0 unspecified atom stereocenters. The Bertz CT molecular complexity index is 994. The van der Waals surface area contributed by atoms with Crippen molar-refractivity contribution in [2.45, 2.75) is 45.2 Å². The molecule has 3 aromatic rings. The van der Waals surface area contributed by atoms with Crippen LogP contribution in [0, 0.1) is 0 Å². The highest BCUT2D eigenvalue weighted by atomic mass is 16.5. The Balaban J connectivity index is 1.83. The third-order valence-electron chi connectivity index (χ3n) is 5.65. The van der Waals surface area contributed by atoms with Crippen LogP contribution in [0.3, 0.4) is 0 Å². The largest absolute Gasteiger partial charge is 0.484 e. The number of carbonyl (C=O) groups excluding carboxylic acids is 2. The van der Waals surface area contributed by atoms with Crippen molar-refractivity contribution in [1.82, 2.24) is 10.2 Å². The Morgan fingerprint density at radius 1 is 0.824 bits per heavy atom. The van der Waals surface area contributed by atoms with Gasteiger partial charge in [-0.15, -0.1) is 0 Å². The van der Waals surface area contributed by atoms with Gasteiger partial charge in [-0.3, -0.25) is 9.59 Å². The molecule has 5 heteroatoms. The van der Waals surface area contributed by atoms with Gasteiger partial charge in [0.1, 0.15) is 11.8 Å². The minimum absolute atomic E-state index is 0.134. The number of benzene rings is 3. The predicted octanol–water partition coefficient (Wildman–Crippen LogP) is 5.01. The van der Waals surface area contributed by atoms with Crippen LogP contribution in [-0.2, 0) is 22.6 Å². The number of rotatable bonds is 13. The van der Waals surface area contributed by atoms with Crippen molar-refractivity contribution in [1.29, 1.82) is 0 Å². The number of hydrogen-bond donors (Lipinski definition) is 1. The van der Waals surface area contributed by atoms with Gasteiger partial charge in [0, 0.05) is 19.5 Å². The number of ether oxygens (including phenoxy) is 1. The van der Waals surface area contributed by atoms with Gasteiger partial charge in [-0.25, -0.2) is 0 Å². The third kappa shape index (κ3) is 8.07. The number of nitrogens with zero attached hydrogens (tertiary/aromatic N) is 1. The van der Waals surface area contributed by atoms with E-state index in [9.17, 15) is 9.59 Å². The lowest BCUT2D eigenvalue weighted by Gasteiger charge is -2.31. The minimum Gasteiger partial charge on any atom is -0.484 e. The van der Waals surface area contributed by atoms with Gasteiger partial charge in [0.05, 0.1) is 0 Å². The van der Waals surface area contributed by atoms with Crippen LogP contribution in [0.5, 0.6) is 5.75 Å². The Labute approximate surface area is 202 Å². The smallest absolute Gasteiger partial charge is 0.261 e. The molecule has 3 aromatic carbocycles. The first-order valence-electron chi connectivity index (χ1n) is 12.0. The van der Waals surface area contributed by atoms with E-state index >= 15 is 0 Å². The van der Waals surface area contributed by atoms with E-state index in [1.54, 1.807) is 4.90 Å². The molecule has 178 valence electrons. The molecule has 0 saturated carbocycles. The van der Waals surface area contributed by atoms with Crippen molar-refractivity contribution < 1.29 is 14.3 Å². The first kappa shape index (κ1) is 25.0. The molecular formula is C29H34N2O3. The topological polar surface area (TPSA) is 58.6 Å². The highest BCUT2D eigenvalue weighted by molar-refractivity contribution is 5.88. The molecule has 1 N–H and O–H groups in total. The van der Waals surface area contributed by atoms with Gasteiger partial charge in [-0.1, -0.05) is 98.6 Å². The Morgan fingerprint density at radius 2 is 1.41 bits per heavy atom. The number of unbranched alkanes of at least 4 members (excludes halogenated alkanes) is 2. The molecule has 0 spiro atoms. The molecule has 0 fully saturated rings. The van der Waals surface area contributed by atoms with Gasteiger partial charge in [0.2, 0.25) is 5.91 Å². The van der Waals surface area contributed by atoms with Crippen LogP contribution in [-0.4, -0.2) is 35.9 Å². The summed E-state index contributed by atoms with van der Waals surface area (Å²) in [6.45, 7) is 2.93. The van der Waals surface area contributed by atoms with Gasteiger partial charge in [-0.05, 0) is 29.7 Å². The molecule has 2 amide bonds. The summed E-state index contributed by atoms with van der Waals surface area (Å²) < 4.78 is 5.76. The zero-order chi connectivity index (χ0) is 24.0. The monoisotopic (exact) mass is 458 g/mol. The van der Waals surface area contributed by atoms with Crippen LogP contribution in [0.15, 0.2) is 91.0 Å². The van der Waals surface area contributed by atoms with E-state index in [0.717, 1.165) is 30.4 Å². The number of para-hydroxylation sites is 1. The fourth-order valence-electron chi connectivity index (χ4n) is 3.78. The van der Waals surface area contributed by atoms with Crippen LogP contribution >= 0.6 is 0 Å².